The highest BCUT2D eigenvalue weighted by molar-refractivity contribution is 5.68. The van der Waals surface area contributed by atoms with Crippen molar-refractivity contribution in [2.45, 2.75) is 59.0 Å². The van der Waals surface area contributed by atoms with Crippen LogP contribution in [0.25, 0.3) is 0 Å². The minimum atomic E-state index is -0.375. The number of piperidine rings is 1. The van der Waals surface area contributed by atoms with Gasteiger partial charge in [-0.1, -0.05) is 6.92 Å². The van der Waals surface area contributed by atoms with Crippen molar-refractivity contribution >= 4 is 6.09 Å². The molecule has 4 heteroatoms. The molecule has 1 amide bonds. The third kappa shape index (κ3) is 7.41. The van der Waals surface area contributed by atoms with Crippen molar-refractivity contribution in [3.63, 3.8) is 0 Å². The fourth-order valence-electron chi connectivity index (χ4n) is 1.87. The zero-order chi connectivity index (χ0) is 14.5. The molecule has 19 heavy (non-hydrogen) atoms. The molecule has 0 aromatic carbocycles. The molecule has 112 valence electrons. The number of likely N-dealkylation sites (tertiary alicyclic amines) is 1. The van der Waals surface area contributed by atoms with Gasteiger partial charge < -0.3 is 15.4 Å². The number of hydrogen-bond acceptors (Lipinski definition) is 3. The fourth-order valence-corrected chi connectivity index (χ4v) is 1.87. The number of amides is 1. The third-order valence-corrected chi connectivity index (χ3v) is 3.47. The van der Waals surface area contributed by atoms with Gasteiger partial charge in [0.2, 0.25) is 0 Å². The predicted molar refractivity (Wildman–Crippen MR) is 78.0 cm³/mol. The lowest BCUT2D eigenvalue weighted by atomic mass is 10.00. The highest BCUT2D eigenvalue weighted by atomic mass is 16.6. The summed E-state index contributed by atoms with van der Waals surface area (Å²) < 4.78 is 5.30. The standard InChI is InChI=1S/C11H21NO2.C4H9N/c1-9-5-7-12(8-6-9)10(13)14-11(2,3)4;5-3-4-1-2-4/h9H,5-8H2,1-4H3;4H,1-3,5H2. The van der Waals surface area contributed by atoms with E-state index in [2.05, 4.69) is 6.92 Å². The van der Waals surface area contributed by atoms with Gasteiger partial charge in [0.1, 0.15) is 5.60 Å². The molecule has 1 heterocycles. The first-order valence-corrected chi connectivity index (χ1v) is 7.50. The lowest BCUT2D eigenvalue weighted by molar-refractivity contribution is 0.0190. The van der Waals surface area contributed by atoms with E-state index in [0.29, 0.717) is 0 Å². The van der Waals surface area contributed by atoms with Crippen molar-refractivity contribution in [3.05, 3.63) is 0 Å². The van der Waals surface area contributed by atoms with Gasteiger partial charge in [0.15, 0.2) is 0 Å². The van der Waals surface area contributed by atoms with E-state index >= 15 is 0 Å². The predicted octanol–water partition coefficient (Wildman–Crippen LogP) is 3.01. The zero-order valence-electron chi connectivity index (χ0n) is 12.9. The first kappa shape index (κ1) is 16.3. The van der Waals surface area contributed by atoms with Gasteiger partial charge in [0.25, 0.3) is 0 Å². The lowest BCUT2D eigenvalue weighted by Crippen LogP contribution is -2.41. The summed E-state index contributed by atoms with van der Waals surface area (Å²) in [4.78, 5) is 13.4. The maximum absolute atomic E-state index is 11.6. The average molecular weight is 270 g/mol. The van der Waals surface area contributed by atoms with Crippen molar-refractivity contribution in [3.8, 4) is 0 Å². The smallest absolute Gasteiger partial charge is 0.410 e. The summed E-state index contributed by atoms with van der Waals surface area (Å²) in [6.07, 6.45) is 4.80. The van der Waals surface area contributed by atoms with Gasteiger partial charge in [0.05, 0.1) is 0 Å². The van der Waals surface area contributed by atoms with Gasteiger partial charge in [-0.2, -0.15) is 0 Å². The van der Waals surface area contributed by atoms with E-state index in [1.807, 2.05) is 25.7 Å². The van der Waals surface area contributed by atoms with Crippen LogP contribution in [0.2, 0.25) is 0 Å². The minimum absolute atomic E-state index is 0.163. The average Bonchev–Trinajstić information content (AvgIpc) is 3.11. The van der Waals surface area contributed by atoms with E-state index in [4.69, 9.17) is 10.5 Å². The number of nitrogens with two attached hydrogens (primary N) is 1. The van der Waals surface area contributed by atoms with E-state index in [9.17, 15) is 4.79 Å². The van der Waals surface area contributed by atoms with Crippen LogP contribution in [0, 0.1) is 11.8 Å². The Kier molecular flexibility index (Phi) is 6.11. The maximum Gasteiger partial charge on any atom is 0.410 e. The van der Waals surface area contributed by atoms with Crippen LogP contribution in [0.15, 0.2) is 0 Å². The monoisotopic (exact) mass is 270 g/mol. The second-order valence-electron chi connectivity index (χ2n) is 6.83. The Hall–Kier alpha value is -0.770. The largest absolute Gasteiger partial charge is 0.444 e. The summed E-state index contributed by atoms with van der Waals surface area (Å²) in [5.41, 5.74) is 4.86. The zero-order valence-corrected chi connectivity index (χ0v) is 12.9. The van der Waals surface area contributed by atoms with E-state index in [1.54, 1.807) is 0 Å². The van der Waals surface area contributed by atoms with E-state index in [1.165, 1.54) is 12.8 Å². The molecule has 0 radical (unpaired) electrons. The van der Waals surface area contributed by atoms with E-state index < -0.39 is 0 Å². The number of carbonyl (C=O) groups is 1. The summed E-state index contributed by atoms with van der Waals surface area (Å²) in [5, 5.41) is 0. The molecule has 0 aromatic rings. The van der Waals surface area contributed by atoms with Crippen LogP contribution in [-0.2, 0) is 4.74 Å². The summed E-state index contributed by atoms with van der Waals surface area (Å²) in [5.74, 6) is 1.66. The molecule has 0 aromatic heterocycles. The Balaban J connectivity index is 0.000000300. The molecule has 2 fully saturated rings. The Labute approximate surface area is 117 Å². The molecule has 1 aliphatic heterocycles. The SMILES string of the molecule is CC1CCN(C(=O)OC(C)(C)C)CC1.NCC1CC1. The lowest BCUT2D eigenvalue weighted by Gasteiger charge is -2.32. The molecule has 2 rings (SSSR count). The van der Waals surface area contributed by atoms with Crippen molar-refractivity contribution in [1.29, 1.82) is 0 Å². The number of nitrogens with zero attached hydrogens (tertiary/aromatic N) is 1. The number of ether oxygens (including phenoxy) is 1. The van der Waals surface area contributed by atoms with Crippen molar-refractivity contribution < 1.29 is 9.53 Å². The van der Waals surface area contributed by atoms with Gasteiger partial charge in [-0.3, -0.25) is 0 Å². The second-order valence-corrected chi connectivity index (χ2v) is 6.83. The minimum Gasteiger partial charge on any atom is -0.444 e. The molecule has 2 aliphatic rings. The topological polar surface area (TPSA) is 55.6 Å². The third-order valence-electron chi connectivity index (χ3n) is 3.47. The van der Waals surface area contributed by atoms with Gasteiger partial charge in [0, 0.05) is 13.1 Å². The molecule has 0 unspecified atom stereocenters. The Morgan fingerprint density at radius 1 is 1.21 bits per heavy atom. The Bertz CT molecular complexity index is 274. The molecule has 0 bridgehead atoms. The van der Waals surface area contributed by atoms with Crippen molar-refractivity contribution in [2.75, 3.05) is 19.6 Å². The van der Waals surface area contributed by atoms with Crippen LogP contribution in [0.3, 0.4) is 0 Å². The molecule has 2 N–H and O–H groups in total. The normalized spacial score (nSPS) is 20.6. The van der Waals surface area contributed by atoms with Crippen LogP contribution in [-0.4, -0.2) is 36.2 Å². The van der Waals surface area contributed by atoms with E-state index in [0.717, 1.165) is 44.3 Å². The second kappa shape index (κ2) is 7.13. The maximum atomic E-state index is 11.6. The van der Waals surface area contributed by atoms with Crippen LogP contribution in [0.5, 0.6) is 0 Å². The molecule has 4 nitrogen and oxygen atoms in total. The molecule has 0 atom stereocenters. The fraction of sp³-hybridized carbons (Fsp3) is 0.933. The first-order chi connectivity index (χ1) is 8.81. The Morgan fingerprint density at radius 2 is 1.74 bits per heavy atom. The molecule has 1 saturated carbocycles. The van der Waals surface area contributed by atoms with Crippen molar-refractivity contribution in [2.24, 2.45) is 17.6 Å². The Morgan fingerprint density at radius 3 is 2.05 bits per heavy atom. The molecule has 1 aliphatic carbocycles. The van der Waals surface area contributed by atoms with Crippen LogP contribution < -0.4 is 5.73 Å². The van der Waals surface area contributed by atoms with E-state index in [-0.39, 0.29) is 11.7 Å². The van der Waals surface area contributed by atoms with Gasteiger partial charge in [-0.15, -0.1) is 0 Å². The highest BCUT2D eigenvalue weighted by Crippen LogP contribution is 2.26. The number of hydrogen-bond donors (Lipinski definition) is 1. The van der Waals surface area contributed by atoms with Crippen molar-refractivity contribution in [1.82, 2.24) is 4.90 Å². The molecule has 1 saturated heterocycles. The summed E-state index contributed by atoms with van der Waals surface area (Å²) in [6, 6.07) is 0. The molecular weight excluding hydrogens is 240 g/mol. The summed E-state index contributed by atoms with van der Waals surface area (Å²) in [7, 11) is 0. The van der Waals surface area contributed by atoms with Gasteiger partial charge >= 0.3 is 6.09 Å². The van der Waals surface area contributed by atoms with Crippen LogP contribution in [0.1, 0.15) is 53.4 Å². The van der Waals surface area contributed by atoms with Gasteiger partial charge in [-0.05, 0) is 64.8 Å². The number of carbonyl (C=O) groups excluding carboxylic acids is 1. The molecule has 0 spiro atoms. The van der Waals surface area contributed by atoms with Gasteiger partial charge in [-0.25, -0.2) is 4.79 Å². The van der Waals surface area contributed by atoms with Crippen LogP contribution >= 0.6 is 0 Å². The first-order valence-electron chi connectivity index (χ1n) is 7.50. The summed E-state index contributed by atoms with van der Waals surface area (Å²) in [6.45, 7) is 10.5. The quantitative estimate of drug-likeness (QED) is 0.797. The highest BCUT2D eigenvalue weighted by Gasteiger charge is 2.25. The summed E-state index contributed by atoms with van der Waals surface area (Å²) >= 11 is 0. The molecular formula is C15H30N2O2. The van der Waals surface area contributed by atoms with Crippen LogP contribution in [0.4, 0.5) is 4.79 Å². The number of rotatable bonds is 1.